The lowest BCUT2D eigenvalue weighted by Crippen LogP contribution is -2.44. The number of hydrogen-bond donors (Lipinski definition) is 1. The van der Waals surface area contributed by atoms with E-state index in [0.29, 0.717) is 35.7 Å². The first-order chi connectivity index (χ1) is 13.4. The van der Waals surface area contributed by atoms with E-state index in [1.165, 1.54) is 4.88 Å². The van der Waals surface area contributed by atoms with Crippen LogP contribution in [0.3, 0.4) is 0 Å². The molecule has 0 radical (unpaired) electrons. The number of esters is 1. The van der Waals surface area contributed by atoms with Crippen molar-refractivity contribution in [2.75, 3.05) is 45.7 Å². The average Bonchev–Trinajstić information content (AvgIpc) is 2.98. The standard InChI is InChI=1S/C21H33N3O3S/c1-5-27-21(26)19-16-7-6-14(2)12-17(16)28-20(19)22-18(25)13-24(4)15-8-10-23(3)11-9-15/h14-15H,5-13H2,1-4H3,(H,22,25). The summed E-state index contributed by atoms with van der Waals surface area (Å²) in [4.78, 5) is 31.0. The summed E-state index contributed by atoms with van der Waals surface area (Å²) in [6, 6.07) is 0.434. The van der Waals surface area contributed by atoms with Gasteiger partial charge in [0.25, 0.3) is 0 Å². The quantitative estimate of drug-likeness (QED) is 0.735. The monoisotopic (exact) mass is 407 g/mol. The molecule has 1 aromatic heterocycles. The molecule has 0 spiro atoms. The number of rotatable bonds is 6. The van der Waals surface area contributed by atoms with Crippen LogP contribution in [0.25, 0.3) is 0 Å². The number of carbonyl (C=O) groups excluding carboxylic acids is 2. The lowest BCUT2D eigenvalue weighted by molar-refractivity contribution is -0.117. The minimum Gasteiger partial charge on any atom is -0.462 e. The number of nitrogens with zero attached hydrogens (tertiary/aromatic N) is 2. The molecule has 3 rings (SSSR count). The van der Waals surface area contributed by atoms with Crippen LogP contribution in [0.5, 0.6) is 0 Å². The van der Waals surface area contributed by atoms with Crippen LogP contribution >= 0.6 is 11.3 Å². The van der Waals surface area contributed by atoms with Crippen LogP contribution in [0, 0.1) is 5.92 Å². The molecule has 1 N–H and O–H groups in total. The highest BCUT2D eigenvalue weighted by Crippen LogP contribution is 2.40. The van der Waals surface area contributed by atoms with Crippen molar-refractivity contribution in [3.05, 3.63) is 16.0 Å². The molecule has 2 aliphatic rings. The van der Waals surface area contributed by atoms with Crippen molar-refractivity contribution in [1.82, 2.24) is 9.80 Å². The fraction of sp³-hybridized carbons (Fsp3) is 0.714. The van der Waals surface area contributed by atoms with Crippen LogP contribution in [-0.4, -0.2) is 68.1 Å². The summed E-state index contributed by atoms with van der Waals surface area (Å²) in [5.41, 5.74) is 1.67. The van der Waals surface area contributed by atoms with Crippen molar-refractivity contribution >= 4 is 28.2 Å². The highest BCUT2D eigenvalue weighted by Gasteiger charge is 2.29. The Morgan fingerprint density at radius 3 is 2.68 bits per heavy atom. The van der Waals surface area contributed by atoms with Crippen LogP contribution in [-0.2, 0) is 22.4 Å². The van der Waals surface area contributed by atoms with Crippen molar-refractivity contribution < 1.29 is 14.3 Å². The first-order valence-electron chi connectivity index (χ1n) is 10.4. The Bertz CT molecular complexity index is 710. The summed E-state index contributed by atoms with van der Waals surface area (Å²) in [5, 5.41) is 3.69. The van der Waals surface area contributed by atoms with Gasteiger partial charge >= 0.3 is 5.97 Å². The summed E-state index contributed by atoms with van der Waals surface area (Å²) < 4.78 is 5.29. The zero-order chi connectivity index (χ0) is 20.3. The third-order valence-corrected chi connectivity index (χ3v) is 7.12. The van der Waals surface area contributed by atoms with E-state index in [4.69, 9.17) is 4.74 Å². The predicted molar refractivity (Wildman–Crippen MR) is 113 cm³/mol. The number of carbonyl (C=O) groups is 2. The van der Waals surface area contributed by atoms with Gasteiger partial charge in [0.05, 0.1) is 18.7 Å². The predicted octanol–water partition coefficient (Wildman–Crippen LogP) is 3.01. The van der Waals surface area contributed by atoms with Gasteiger partial charge in [-0.05, 0) is 77.7 Å². The summed E-state index contributed by atoms with van der Waals surface area (Å²) in [7, 11) is 4.15. The Balaban J connectivity index is 1.70. The molecule has 6 nitrogen and oxygen atoms in total. The molecule has 1 aromatic rings. The molecule has 1 unspecified atom stereocenters. The molecule has 1 amide bonds. The van der Waals surface area contributed by atoms with Crippen molar-refractivity contribution in [3.8, 4) is 0 Å². The average molecular weight is 408 g/mol. The number of nitrogens with one attached hydrogen (secondary N) is 1. The number of likely N-dealkylation sites (N-methyl/N-ethyl adjacent to an activating group) is 1. The summed E-state index contributed by atoms with van der Waals surface area (Å²) in [6.45, 7) is 6.87. The van der Waals surface area contributed by atoms with Crippen LogP contribution in [0.1, 0.15) is 53.9 Å². The van der Waals surface area contributed by atoms with Gasteiger partial charge in [0.2, 0.25) is 5.91 Å². The highest BCUT2D eigenvalue weighted by atomic mass is 32.1. The Morgan fingerprint density at radius 2 is 2.00 bits per heavy atom. The molecule has 1 fully saturated rings. The van der Waals surface area contributed by atoms with Gasteiger partial charge in [0.1, 0.15) is 5.00 Å². The number of amides is 1. The second-order valence-electron chi connectivity index (χ2n) is 8.27. The molecular formula is C21H33N3O3S. The lowest BCUT2D eigenvalue weighted by Gasteiger charge is -2.34. The van der Waals surface area contributed by atoms with Gasteiger partial charge < -0.3 is 15.0 Å². The number of ether oxygens (including phenoxy) is 1. The van der Waals surface area contributed by atoms with Crippen LogP contribution in [0.4, 0.5) is 5.00 Å². The van der Waals surface area contributed by atoms with Crippen molar-refractivity contribution in [1.29, 1.82) is 0 Å². The van der Waals surface area contributed by atoms with E-state index in [9.17, 15) is 9.59 Å². The van der Waals surface area contributed by atoms with Gasteiger partial charge in [-0.25, -0.2) is 4.79 Å². The van der Waals surface area contributed by atoms with Crippen molar-refractivity contribution in [2.24, 2.45) is 5.92 Å². The number of hydrogen-bond acceptors (Lipinski definition) is 6. The van der Waals surface area contributed by atoms with E-state index in [0.717, 1.165) is 50.8 Å². The molecule has 1 atom stereocenters. The fourth-order valence-electron chi connectivity index (χ4n) is 4.22. The number of thiophene rings is 1. The minimum atomic E-state index is -0.312. The zero-order valence-corrected chi connectivity index (χ0v) is 18.4. The SMILES string of the molecule is CCOC(=O)c1c(NC(=O)CN(C)C2CCN(C)CC2)sc2c1CCC(C)C2. The molecule has 0 saturated carbocycles. The molecule has 0 aromatic carbocycles. The molecule has 0 bridgehead atoms. The molecule has 1 aliphatic heterocycles. The first kappa shape index (κ1) is 21.3. The lowest BCUT2D eigenvalue weighted by atomic mass is 9.88. The Hall–Kier alpha value is -1.44. The maximum absolute atomic E-state index is 12.7. The third kappa shape index (κ3) is 4.93. The number of piperidine rings is 1. The van der Waals surface area contributed by atoms with Crippen LogP contribution < -0.4 is 5.32 Å². The summed E-state index contributed by atoms with van der Waals surface area (Å²) >= 11 is 1.55. The van der Waals surface area contributed by atoms with E-state index in [-0.39, 0.29) is 11.9 Å². The van der Waals surface area contributed by atoms with Gasteiger partial charge in [-0.2, -0.15) is 0 Å². The Morgan fingerprint density at radius 1 is 1.29 bits per heavy atom. The minimum absolute atomic E-state index is 0.0568. The Kier molecular flexibility index (Phi) is 7.12. The van der Waals surface area contributed by atoms with E-state index in [1.54, 1.807) is 11.3 Å². The molecule has 28 heavy (non-hydrogen) atoms. The van der Waals surface area contributed by atoms with Gasteiger partial charge in [0.15, 0.2) is 0 Å². The van der Waals surface area contributed by atoms with Crippen LogP contribution in [0.15, 0.2) is 0 Å². The van der Waals surface area contributed by atoms with E-state index >= 15 is 0 Å². The van der Waals surface area contributed by atoms with E-state index < -0.39 is 0 Å². The largest absolute Gasteiger partial charge is 0.462 e. The second kappa shape index (κ2) is 9.37. The van der Waals surface area contributed by atoms with Gasteiger partial charge in [0, 0.05) is 10.9 Å². The maximum Gasteiger partial charge on any atom is 0.341 e. The second-order valence-corrected chi connectivity index (χ2v) is 9.38. The third-order valence-electron chi connectivity index (χ3n) is 5.95. The van der Waals surface area contributed by atoms with E-state index in [1.807, 2.05) is 14.0 Å². The van der Waals surface area contributed by atoms with Gasteiger partial charge in [-0.3, -0.25) is 9.69 Å². The molecule has 2 heterocycles. The smallest absolute Gasteiger partial charge is 0.341 e. The Labute approximate surface area is 172 Å². The fourth-order valence-corrected chi connectivity index (χ4v) is 5.63. The summed E-state index contributed by atoms with van der Waals surface area (Å²) in [5.74, 6) is 0.243. The number of likely N-dealkylation sites (tertiary alicyclic amines) is 1. The number of fused-ring (bicyclic) bond motifs is 1. The topological polar surface area (TPSA) is 61.9 Å². The summed E-state index contributed by atoms with van der Waals surface area (Å²) in [6.07, 6.45) is 5.09. The van der Waals surface area contributed by atoms with Crippen molar-refractivity contribution in [2.45, 2.75) is 52.0 Å². The van der Waals surface area contributed by atoms with Crippen LogP contribution in [0.2, 0.25) is 0 Å². The van der Waals surface area contributed by atoms with Gasteiger partial charge in [-0.1, -0.05) is 6.92 Å². The molecule has 1 saturated heterocycles. The van der Waals surface area contributed by atoms with Gasteiger partial charge in [-0.15, -0.1) is 11.3 Å². The number of anilines is 1. The highest BCUT2D eigenvalue weighted by molar-refractivity contribution is 7.17. The normalized spacial score (nSPS) is 20.8. The zero-order valence-electron chi connectivity index (χ0n) is 17.5. The molecule has 7 heteroatoms. The maximum atomic E-state index is 12.7. The van der Waals surface area contributed by atoms with Crippen molar-refractivity contribution in [3.63, 3.8) is 0 Å². The molecule has 1 aliphatic carbocycles. The molecular weight excluding hydrogens is 374 g/mol. The first-order valence-corrected chi connectivity index (χ1v) is 11.2. The van der Waals surface area contributed by atoms with E-state index in [2.05, 4.69) is 29.1 Å². The molecule has 156 valence electrons.